The van der Waals surface area contributed by atoms with E-state index < -0.39 is 5.60 Å². The number of ether oxygens (including phenoxy) is 1. The third kappa shape index (κ3) is 4.34. The van der Waals surface area contributed by atoms with Gasteiger partial charge in [-0.05, 0) is 75.6 Å². The van der Waals surface area contributed by atoms with E-state index in [1.54, 1.807) is 0 Å². The smallest absolute Gasteiger partial charge is 0.266 e. The predicted molar refractivity (Wildman–Crippen MR) is 117 cm³/mol. The van der Waals surface area contributed by atoms with E-state index in [-0.39, 0.29) is 11.8 Å². The number of piperazine rings is 1. The summed E-state index contributed by atoms with van der Waals surface area (Å²) in [6.45, 7) is 10.9. The Morgan fingerprint density at radius 3 is 2.27 bits per heavy atom. The SMILES string of the molecule is Cc1ccc(OC(C)(C)C(=O)N2CCN(CC(=O)N3CCCC3)CC2)c2c1CCC2. The highest BCUT2D eigenvalue weighted by molar-refractivity contribution is 5.85. The van der Waals surface area contributed by atoms with Crippen molar-refractivity contribution in [1.82, 2.24) is 14.7 Å². The molecule has 164 valence electrons. The summed E-state index contributed by atoms with van der Waals surface area (Å²) in [7, 11) is 0. The van der Waals surface area contributed by atoms with E-state index in [0.29, 0.717) is 19.6 Å². The van der Waals surface area contributed by atoms with Crippen LogP contribution in [0.5, 0.6) is 5.75 Å². The average Bonchev–Trinajstić information content (AvgIpc) is 3.43. The largest absolute Gasteiger partial charge is 0.478 e. The van der Waals surface area contributed by atoms with Gasteiger partial charge in [-0.3, -0.25) is 14.5 Å². The Balaban J connectivity index is 1.33. The molecule has 2 saturated heterocycles. The lowest BCUT2D eigenvalue weighted by Gasteiger charge is -2.38. The second kappa shape index (κ2) is 8.58. The Bertz CT molecular complexity index is 806. The molecule has 2 fully saturated rings. The lowest BCUT2D eigenvalue weighted by Crippen LogP contribution is -2.56. The summed E-state index contributed by atoms with van der Waals surface area (Å²) in [4.78, 5) is 31.7. The second-order valence-electron chi connectivity index (χ2n) is 9.46. The van der Waals surface area contributed by atoms with Gasteiger partial charge >= 0.3 is 0 Å². The number of amides is 2. The van der Waals surface area contributed by atoms with Crippen molar-refractivity contribution in [3.8, 4) is 5.75 Å². The van der Waals surface area contributed by atoms with Gasteiger partial charge in [-0.25, -0.2) is 0 Å². The first-order valence-electron chi connectivity index (χ1n) is 11.4. The summed E-state index contributed by atoms with van der Waals surface area (Å²) < 4.78 is 6.31. The van der Waals surface area contributed by atoms with Crippen molar-refractivity contribution < 1.29 is 14.3 Å². The summed E-state index contributed by atoms with van der Waals surface area (Å²) in [5, 5.41) is 0. The quantitative estimate of drug-likeness (QED) is 0.744. The lowest BCUT2D eigenvalue weighted by molar-refractivity contribution is -0.147. The third-order valence-electron chi connectivity index (χ3n) is 6.83. The Kier molecular flexibility index (Phi) is 6.05. The van der Waals surface area contributed by atoms with Crippen LogP contribution in [0.4, 0.5) is 0 Å². The van der Waals surface area contributed by atoms with Crippen molar-refractivity contribution in [1.29, 1.82) is 0 Å². The first-order valence-corrected chi connectivity index (χ1v) is 11.4. The molecule has 2 amide bonds. The summed E-state index contributed by atoms with van der Waals surface area (Å²) in [6.07, 6.45) is 5.52. The fourth-order valence-corrected chi connectivity index (χ4v) is 5.01. The van der Waals surface area contributed by atoms with Gasteiger partial charge in [-0.15, -0.1) is 0 Å². The van der Waals surface area contributed by atoms with Crippen molar-refractivity contribution in [2.24, 2.45) is 0 Å². The molecule has 0 radical (unpaired) electrons. The predicted octanol–water partition coefficient (Wildman–Crippen LogP) is 2.41. The van der Waals surface area contributed by atoms with Gasteiger partial charge in [0, 0.05) is 39.3 Å². The number of fused-ring (bicyclic) bond motifs is 1. The lowest BCUT2D eigenvalue weighted by atomic mass is 10.0. The molecule has 1 aliphatic carbocycles. The van der Waals surface area contributed by atoms with Crippen LogP contribution in [0.1, 0.15) is 49.8 Å². The molecule has 0 bridgehead atoms. The summed E-state index contributed by atoms with van der Waals surface area (Å²) in [6, 6.07) is 4.13. The molecular formula is C24H35N3O3. The molecule has 0 N–H and O–H groups in total. The normalized spacial score (nSPS) is 19.8. The van der Waals surface area contributed by atoms with E-state index in [2.05, 4.69) is 17.9 Å². The molecule has 4 rings (SSSR count). The molecule has 1 aromatic carbocycles. The van der Waals surface area contributed by atoms with Crippen LogP contribution in [0.15, 0.2) is 12.1 Å². The first-order chi connectivity index (χ1) is 14.3. The van der Waals surface area contributed by atoms with Crippen LogP contribution < -0.4 is 4.74 Å². The Hall–Kier alpha value is -2.08. The highest BCUT2D eigenvalue weighted by atomic mass is 16.5. The Morgan fingerprint density at radius 2 is 1.57 bits per heavy atom. The molecule has 0 atom stereocenters. The zero-order valence-corrected chi connectivity index (χ0v) is 18.7. The van der Waals surface area contributed by atoms with Gasteiger partial charge in [0.25, 0.3) is 5.91 Å². The molecule has 6 heteroatoms. The molecule has 1 aromatic rings. The molecule has 0 unspecified atom stereocenters. The van der Waals surface area contributed by atoms with Crippen LogP contribution in [-0.2, 0) is 22.4 Å². The van der Waals surface area contributed by atoms with Gasteiger partial charge in [-0.2, -0.15) is 0 Å². The van der Waals surface area contributed by atoms with Crippen LogP contribution in [-0.4, -0.2) is 77.9 Å². The molecule has 0 aromatic heterocycles. The second-order valence-corrected chi connectivity index (χ2v) is 9.46. The molecule has 2 heterocycles. The van der Waals surface area contributed by atoms with Crippen molar-refractivity contribution in [3.63, 3.8) is 0 Å². The monoisotopic (exact) mass is 413 g/mol. The number of nitrogens with zero attached hydrogens (tertiary/aromatic N) is 3. The molecule has 6 nitrogen and oxygen atoms in total. The maximum absolute atomic E-state index is 13.2. The van der Waals surface area contributed by atoms with Gasteiger partial charge in [0.15, 0.2) is 5.60 Å². The van der Waals surface area contributed by atoms with Crippen molar-refractivity contribution in [2.45, 2.75) is 58.5 Å². The number of benzene rings is 1. The fourth-order valence-electron chi connectivity index (χ4n) is 5.01. The average molecular weight is 414 g/mol. The zero-order chi connectivity index (χ0) is 21.3. The van der Waals surface area contributed by atoms with Gasteiger partial charge in [0.2, 0.25) is 5.91 Å². The standard InChI is InChI=1S/C24H35N3O3/c1-18-9-10-21(20-8-6-7-19(18)20)30-24(2,3)23(29)27-15-13-25(14-16-27)17-22(28)26-11-4-5-12-26/h9-10H,4-8,11-17H2,1-3H3. The molecule has 0 spiro atoms. The number of carbonyl (C=O) groups is 2. The zero-order valence-electron chi connectivity index (χ0n) is 18.7. The molecular weight excluding hydrogens is 378 g/mol. The van der Waals surface area contributed by atoms with E-state index in [1.165, 1.54) is 16.7 Å². The van der Waals surface area contributed by atoms with Crippen LogP contribution in [0.2, 0.25) is 0 Å². The van der Waals surface area contributed by atoms with E-state index in [4.69, 9.17) is 4.74 Å². The molecule has 2 aliphatic heterocycles. The number of carbonyl (C=O) groups excluding carboxylic acids is 2. The summed E-state index contributed by atoms with van der Waals surface area (Å²) >= 11 is 0. The maximum atomic E-state index is 13.2. The molecule has 3 aliphatic rings. The highest BCUT2D eigenvalue weighted by Gasteiger charge is 2.37. The summed E-state index contributed by atoms with van der Waals surface area (Å²) in [5.74, 6) is 1.12. The number of aryl methyl sites for hydroxylation is 1. The van der Waals surface area contributed by atoms with Gasteiger partial charge in [0.1, 0.15) is 5.75 Å². The van der Waals surface area contributed by atoms with Gasteiger partial charge in [-0.1, -0.05) is 6.07 Å². The number of rotatable bonds is 5. The van der Waals surface area contributed by atoms with Crippen molar-refractivity contribution in [2.75, 3.05) is 45.8 Å². The van der Waals surface area contributed by atoms with Crippen molar-refractivity contribution >= 4 is 11.8 Å². The minimum atomic E-state index is -0.904. The van der Waals surface area contributed by atoms with Crippen LogP contribution in [0.3, 0.4) is 0 Å². The Labute approximate surface area is 180 Å². The summed E-state index contributed by atoms with van der Waals surface area (Å²) in [5.41, 5.74) is 3.09. The molecule has 30 heavy (non-hydrogen) atoms. The topological polar surface area (TPSA) is 53.1 Å². The highest BCUT2D eigenvalue weighted by Crippen LogP contribution is 2.35. The van der Waals surface area contributed by atoms with E-state index in [1.807, 2.05) is 29.7 Å². The number of hydrogen-bond donors (Lipinski definition) is 0. The minimum Gasteiger partial charge on any atom is -0.478 e. The molecule has 0 saturated carbocycles. The maximum Gasteiger partial charge on any atom is 0.266 e. The fraction of sp³-hybridized carbons (Fsp3) is 0.667. The number of hydrogen-bond acceptors (Lipinski definition) is 4. The van der Waals surface area contributed by atoms with Gasteiger partial charge < -0.3 is 14.5 Å². The third-order valence-corrected chi connectivity index (χ3v) is 6.83. The van der Waals surface area contributed by atoms with Gasteiger partial charge in [0.05, 0.1) is 6.54 Å². The first kappa shape index (κ1) is 21.2. The van der Waals surface area contributed by atoms with E-state index in [0.717, 1.165) is 64.0 Å². The Morgan fingerprint density at radius 1 is 0.900 bits per heavy atom. The van der Waals surface area contributed by atoms with Crippen LogP contribution >= 0.6 is 0 Å². The number of likely N-dealkylation sites (tertiary alicyclic amines) is 1. The van der Waals surface area contributed by atoms with Crippen molar-refractivity contribution in [3.05, 3.63) is 28.8 Å². The van der Waals surface area contributed by atoms with E-state index in [9.17, 15) is 9.59 Å². The van der Waals surface area contributed by atoms with Crippen LogP contribution in [0, 0.1) is 6.92 Å². The van der Waals surface area contributed by atoms with E-state index >= 15 is 0 Å². The van der Waals surface area contributed by atoms with Crippen LogP contribution in [0.25, 0.3) is 0 Å². The minimum absolute atomic E-state index is 0.0281.